The van der Waals surface area contributed by atoms with E-state index >= 15 is 0 Å². The number of nitrogens with zero attached hydrogens (tertiary/aromatic N) is 1. The maximum atomic E-state index is 10.5. The van der Waals surface area contributed by atoms with Gasteiger partial charge in [0.15, 0.2) is 0 Å². The molecule has 0 aliphatic carbocycles. The van der Waals surface area contributed by atoms with E-state index in [9.17, 15) is 5.11 Å². The minimum atomic E-state index is -0.741. The van der Waals surface area contributed by atoms with Crippen LogP contribution in [0.1, 0.15) is 38.0 Å². The SMILES string of the molecule is CCCN1CCC(NCC(C)(O)c2cccs2)CC1. The normalized spacial score (nSPS) is 21.4. The Morgan fingerprint density at radius 3 is 2.79 bits per heavy atom. The molecule has 1 unspecified atom stereocenters. The number of nitrogens with one attached hydrogen (secondary N) is 1. The Morgan fingerprint density at radius 2 is 2.21 bits per heavy atom. The number of piperidine rings is 1. The Kier molecular flexibility index (Phi) is 5.39. The molecule has 0 radical (unpaired) electrons. The summed E-state index contributed by atoms with van der Waals surface area (Å²) in [5, 5.41) is 16.0. The van der Waals surface area contributed by atoms with E-state index in [4.69, 9.17) is 0 Å². The topological polar surface area (TPSA) is 35.5 Å². The fourth-order valence-corrected chi connectivity index (χ4v) is 3.48. The Balaban J connectivity index is 1.75. The molecule has 3 nitrogen and oxygen atoms in total. The van der Waals surface area contributed by atoms with Gasteiger partial charge in [0.05, 0.1) is 0 Å². The lowest BCUT2D eigenvalue weighted by Crippen LogP contribution is -2.46. The van der Waals surface area contributed by atoms with Crippen molar-refractivity contribution in [2.24, 2.45) is 0 Å². The summed E-state index contributed by atoms with van der Waals surface area (Å²) >= 11 is 1.63. The van der Waals surface area contributed by atoms with Crippen molar-refractivity contribution in [1.29, 1.82) is 0 Å². The lowest BCUT2D eigenvalue weighted by molar-refractivity contribution is 0.0537. The van der Waals surface area contributed by atoms with E-state index < -0.39 is 5.60 Å². The predicted molar refractivity (Wildman–Crippen MR) is 81.6 cm³/mol. The maximum Gasteiger partial charge on any atom is 0.108 e. The molecule has 0 saturated carbocycles. The van der Waals surface area contributed by atoms with E-state index in [2.05, 4.69) is 17.1 Å². The number of hydrogen-bond donors (Lipinski definition) is 2. The second kappa shape index (κ2) is 6.84. The van der Waals surface area contributed by atoms with Crippen LogP contribution in [-0.4, -0.2) is 42.2 Å². The summed E-state index contributed by atoms with van der Waals surface area (Å²) in [6.07, 6.45) is 3.63. The lowest BCUT2D eigenvalue weighted by atomic mass is 10.0. The number of aliphatic hydroxyl groups is 1. The van der Waals surface area contributed by atoms with Gasteiger partial charge < -0.3 is 15.3 Å². The third-order valence-corrected chi connectivity index (χ3v) is 5.04. The van der Waals surface area contributed by atoms with E-state index in [1.807, 2.05) is 24.4 Å². The zero-order valence-corrected chi connectivity index (χ0v) is 12.9. The summed E-state index contributed by atoms with van der Waals surface area (Å²) in [5.74, 6) is 0. The molecule has 0 aromatic carbocycles. The van der Waals surface area contributed by atoms with Gasteiger partial charge in [0.2, 0.25) is 0 Å². The summed E-state index contributed by atoms with van der Waals surface area (Å²) in [6.45, 7) is 8.38. The van der Waals surface area contributed by atoms with Crippen LogP contribution in [0.15, 0.2) is 17.5 Å². The molecule has 0 spiro atoms. The Labute approximate surface area is 120 Å². The molecule has 1 aromatic rings. The molecule has 1 fully saturated rings. The summed E-state index contributed by atoms with van der Waals surface area (Å²) in [4.78, 5) is 3.58. The van der Waals surface area contributed by atoms with Gasteiger partial charge in [-0.25, -0.2) is 0 Å². The van der Waals surface area contributed by atoms with E-state index in [1.54, 1.807) is 11.3 Å². The second-order valence-corrected chi connectivity index (χ2v) is 6.70. The van der Waals surface area contributed by atoms with Crippen molar-refractivity contribution in [2.45, 2.75) is 44.8 Å². The van der Waals surface area contributed by atoms with E-state index in [-0.39, 0.29) is 0 Å². The minimum Gasteiger partial charge on any atom is -0.383 e. The molecule has 1 aromatic heterocycles. The number of likely N-dealkylation sites (tertiary alicyclic amines) is 1. The molecule has 1 aliphatic heterocycles. The van der Waals surface area contributed by atoms with Crippen molar-refractivity contribution in [3.8, 4) is 0 Å². The zero-order chi connectivity index (χ0) is 13.7. The average molecular weight is 282 g/mol. The third kappa shape index (κ3) is 4.28. The van der Waals surface area contributed by atoms with Crippen LogP contribution in [0.5, 0.6) is 0 Å². The molecular weight excluding hydrogens is 256 g/mol. The largest absolute Gasteiger partial charge is 0.383 e. The lowest BCUT2D eigenvalue weighted by Gasteiger charge is -2.34. The molecule has 0 amide bonds. The van der Waals surface area contributed by atoms with Gasteiger partial charge in [0.1, 0.15) is 5.60 Å². The van der Waals surface area contributed by atoms with Crippen molar-refractivity contribution in [3.63, 3.8) is 0 Å². The van der Waals surface area contributed by atoms with Crippen molar-refractivity contribution in [2.75, 3.05) is 26.2 Å². The smallest absolute Gasteiger partial charge is 0.108 e. The Morgan fingerprint density at radius 1 is 1.47 bits per heavy atom. The Hall–Kier alpha value is -0.420. The van der Waals surface area contributed by atoms with Crippen LogP contribution >= 0.6 is 11.3 Å². The first kappa shape index (κ1) is 15.0. The van der Waals surface area contributed by atoms with Gasteiger partial charge in [-0.15, -0.1) is 11.3 Å². The van der Waals surface area contributed by atoms with Crippen molar-refractivity contribution >= 4 is 11.3 Å². The quantitative estimate of drug-likeness (QED) is 0.841. The fourth-order valence-electron chi connectivity index (χ4n) is 2.69. The van der Waals surface area contributed by atoms with Gasteiger partial charge in [-0.2, -0.15) is 0 Å². The molecule has 19 heavy (non-hydrogen) atoms. The molecule has 2 rings (SSSR count). The number of thiophene rings is 1. The van der Waals surface area contributed by atoms with Crippen LogP contribution in [0.3, 0.4) is 0 Å². The third-order valence-electron chi connectivity index (χ3n) is 3.91. The van der Waals surface area contributed by atoms with Crippen LogP contribution in [0, 0.1) is 0 Å². The maximum absolute atomic E-state index is 10.5. The van der Waals surface area contributed by atoms with Gasteiger partial charge in [0, 0.05) is 17.5 Å². The molecule has 2 heterocycles. The highest BCUT2D eigenvalue weighted by molar-refractivity contribution is 7.10. The summed E-state index contributed by atoms with van der Waals surface area (Å²) in [5.41, 5.74) is -0.741. The summed E-state index contributed by atoms with van der Waals surface area (Å²) < 4.78 is 0. The fraction of sp³-hybridized carbons (Fsp3) is 0.733. The van der Waals surface area contributed by atoms with Crippen LogP contribution in [0.4, 0.5) is 0 Å². The number of rotatable bonds is 6. The Bertz CT molecular complexity index is 356. The minimum absolute atomic E-state index is 0.555. The highest BCUT2D eigenvalue weighted by Gasteiger charge is 2.26. The first-order chi connectivity index (χ1) is 9.12. The summed E-state index contributed by atoms with van der Waals surface area (Å²) in [6, 6.07) is 4.56. The molecule has 0 bridgehead atoms. The monoisotopic (exact) mass is 282 g/mol. The van der Waals surface area contributed by atoms with Gasteiger partial charge in [0.25, 0.3) is 0 Å². The second-order valence-electron chi connectivity index (χ2n) is 5.75. The zero-order valence-electron chi connectivity index (χ0n) is 12.1. The van der Waals surface area contributed by atoms with Gasteiger partial charge >= 0.3 is 0 Å². The van der Waals surface area contributed by atoms with Crippen LogP contribution in [-0.2, 0) is 5.60 Å². The van der Waals surface area contributed by atoms with E-state index in [0.29, 0.717) is 12.6 Å². The van der Waals surface area contributed by atoms with Crippen LogP contribution in [0.25, 0.3) is 0 Å². The molecular formula is C15H26N2OS. The van der Waals surface area contributed by atoms with E-state index in [1.165, 1.54) is 38.9 Å². The predicted octanol–water partition coefficient (Wildman–Crippen LogP) is 2.42. The van der Waals surface area contributed by atoms with Crippen molar-refractivity contribution in [1.82, 2.24) is 10.2 Å². The number of hydrogen-bond acceptors (Lipinski definition) is 4. The molecule has 1 aliphatic rings. The molecule has 4 heteroatoms. The molecule has 1 atom stereocenters. The highest BCUT2D eigenvalue weighted by atomic mass is 32.1. The van der Waals surface area contributed by atoms with Crippen molar-refractivity contribution < 1.29 is 5.11 Å². The summed E-state index contributed by atoms with van der Waals surface area (Å²) in [7, 11) is 0. The molecule has 2 N–H and O–H groups in total. The molecule has 1 saturated heterocycles. The van der Waals surface area contributed by atoms with E-state index in [0.717, 1.165) is 4.88 Å². The van der Waals surface area contributed by atoms with Gasteiger partial charge in [-0.1, -0.05) is 13.0 Å². The van der Waals surface area contributed by atoms with Crippen LogP contribution in [0.2, 0.25) is 0 Å². The first-order valence-corrected chi connectivity index (χ1v) is 8.22. The highest BCUT2D eigenvalue weighted by Crippen LogP contribution is 2.25. The average Bonchev–Trinajstić information content (AvgIpc) is 2.93. The van der Waals surface area contributed by atoms with Crippen LogP contribution < -0.4 is 5.32 Å². The van der Waals surface area contributed by atoms with Gasteiger partial charge in [-0.05, 0) is 57.3 Å². The standard InChI is InChI=1S/C15H26N2OS/c1-3-8-17-9-6-13(7-10-17)16-12-15(2,18)14-5-4-11-19-14/h4-5,11,13,16,18H,3,6-10,12H2,1-2H3. The van der Waals surface area contributed by atoms with Gasteiger partial charge in [-0.3, -0.25) is 0 Å². The first-order valence-electron chi connectivity index (χ1n) is 7.34. The van der Waals surface area contributed by atoms with Crippen molar-refractivity contribution in [3.05, 3.63) is 22.4 Å². The molecule has 108 valence electrons.